The van der Waals surface area contributed by atoms with Crippen molar-refractivity contribution >= 4 is 0 Å². The number of unbranched alkanes of at least 4 members (excludes halogenated alkanes) is 5. The number of aliphatic hydroxyl groups excluding tert-OH is 2. The Morgan fingerprint density at radius 1 is 0.929 bits per heavy atom. The van der Waals surface area contributed by atoms with Gasteiger partial charge in [0.1, 0.15) is 0 Å². The summed E-state index contributed by atoms with van der Waals surface area (Å²) in [7, 11) is 0. The molecule has 0 heterocycles. The van der Waals surface area contributed by atoms with Crippen LogP contribution in [0.1, 0.15) is 45.4 Å². The first-order valence-corrected chi connectivity index (χ1v) is 5.46. The normalized spacial score (nSPS) is 13.5. The predicted molar refractivity (Wildman–Crippen MR) is 55.6 cm³/mol. The monoisotopic (exact) mass is 205 g/mol. The Balaban J connectivity index is 3.06. The summed E-state index contributed by atoms with van der Waals surface area (Å²) in [4.78, 5) is 0. The maximum Gasteiger partial charge on any atom is 0.192 e. The molecule has 4 heteroatoms. The van der Waals surface area contributed by atoms with E-state index in [-0.39, 0.29) is 0 Å². The highest BCUT2D eigenvalue weighted by Gasteiger charge is 2.09. The van der Waals surface area contributed by atoms with Crippen molar-refractivity contribution in [1.82, 2.24) is 5.32 Å². The first-order valence-electron chi connectivity index (χ1n) is 5.46. The molecule has 4 nitrogen and oxygen atoms in total. The van der Waals surface area contributed by atoms with Gasteiger partial charge in [-0.25, -0.2) is 0 Å². The molecule has 0 aromatic rings. The van der Waals surface area contributed by atoms with Crippen LogP contribution in [0.5, 0.6) is 0 Å². The minimum absolute atomic E-state index is 0.630. The lowest BCUT2D eigenvalue weighted by atomic mass is 10.1. The summed E-state index contributed by atoms with van der Waals surface area (Å²) in [5.41, 5.74) is 0. The van der Waals surface area contributed by atoms with Gasteiger partial charge in [0.25, 0.3) is 0 Å². The van der Waals surface area contributed by atoms with Crippen molar-refractivity contribution in [2.45, 2.75) is 58.0 Å². The average molecular weight is 205 g/mol. The van der Waals surface area contributed by atoms with Gasteiger partial charge >= 0.3 is 0 Å². The Bertz CT molecular complexity index is 120. The van der Waals surface area contributed by atoms with E-state index in [4.69, 9.17) is 15.3 Å². The van der Waals surface area contributed by atoms with E-state index in [1.54, 1.807) is 0 Å². The van der Waals surface area contributed by atoms with Gasteiger partial charge in [0.05, 0.1) is 0 Å². The van der Waals surface area contributed by atoms with Crippen LogP contribution in [0.3, 0.4) is 0 Å². The van der Waals surface area contributed by atoms with Gasteiger partial charge in [0.2, 0.25) is 0 Å². The molecule has 0 saturated heterocycles. The summed E-state index contributed by atoms with van der Waals surface area (Å²) in [6, 6.07) is 0. The van der Waals surface area contributed by atoms with Crippen molar-refractivity contribution in [1.29, 1.82) is 0 Å². The molecule has 0 spiro atoms. The zero-order valence-electron chi connectivity index (χ0n) is 8.95. The fraction of sp³-hybridized carbons (Fsp3) is 1.00. The molecule has 0 aromatic carbocycles. The number of hydrogen-bond acceptors (Lipinski definition) is 4. The molecule has 0 aliphatic rings. The van der Waals surface area contributed by atoms with E-state index in [0.29, 0.717) is 6.54 Å². The number of aliphatic hydroxyl groups is 3. The van der Waals surface area contributed by atoms with Crippen LogP contribution < -0.4 is 5.32 Å². The Morgan fingerprint density at radius 2 is 1.50 bits per heavy atom. The fourth-order valence-corrected chi connectivity index (χ4v) is 1.26. The second-order valence-electron chi connectivity index (χ2n) is 3.58. The Labute approximate surface area is 86.0 Å². The Hall–Kier alpha value is -0.160. The number of rotatable bonds is 9. The molecule has 0 amide bonds. The lowest BCUT2D eigenvalue weighted by molar-refractivity contribution is -0.132. The molecular weight excluding hydrogens is 182 g/mol. The van der Waals surface area contributed by atoms with Gasteiger partial charge in [-0.05, 0) is 13.0 Å². The van der Waals surface area contributed by atoms with Crippen LogP contribution >= 0.6 is 0 Å². The van der Waals surface area contributed by atoms with Crippen LogP contribution in [-0.2, 0) is 0 Å². The zero-order chi connectivity index (χ0) is 10.8. The minimum Gasteiger partial charge on any atom is -0.373 e. The Morgan fingerprint density at radius 3 is 2.07 bits per heavy atom. The molecule has 0 rings (SSSR count). The topological polar surface area (TPSA) is 72.7 Å². The second kappa shape index (κ2) is 9.40. The molecule has 0 bridgehead atoms. The maximum atomic E-state index is 8.96. The fourth-order valence-electron chi connectivity index (χ4n) is 1.26. The summed E-state index contributed by atoms with van der Waals surface area (Å²) in [6.45, 7) is 2.81. The van der Waals surface area contributed by atoms with Crippen molar-refractivity contribution in [3.8, 4) is 0 Å². The molecule has 4 N–H and O–H groups in total. The van der Waals surface area contributed by atoms with Crippen LogP contribution in [0.15, 0.2) is 0 Å². The van der Waals surface area contributed by atoms with Gasteiger partial charge in [0, 0.05) is 0 Å². The van der Waals surface area contributed by atoms with E-state index < -0.39 is 12.5 Å². The van der Waals surface area contributed by atoms with Crippen LogP contribution in [0, 0.1) is 0 Å². The molecular formula is C10H23NO3. The molecule has 0 aromatic heterocycles. The van der Waals surface area contributed by atoms with Crippen molar-refractivity contribution in [2.24, 2.45) is 0 Å². The minimum atomic E-state index is -1.69. The van der Waals surface area contributed by atoms with Gasteiger partial charge in [0.15, 0.2) is 12.5 Å². The maximum absolute atomic E-state index is 8.96. The van der Waals surface area contributed by atoms with Crippen molar-refractivity contribution in [3.05, 3.63) is 0 Å². The first-order chi connectivity index (χ1) is 6.68. The van der Waals surface area contributed by atoms with Gasteiger partial charge < -0.3 is 15.3 Å². The molecule has 0 radical (unpaired) electrons. The van der Waals surface area contributed by atoms with E-state index in [1.807, 2.05) is 0 Å². The van der Waals surface area contributed by atoms with Gasteiger partial charge in [-0.15, -0.1) is 0 Å². The summed E-state index contributed by atoms with van der Waals surface area (Å²) in [5.74, 6) is 0. The van der Waals surface area contributed by atoms with Crippen LogP contribution in [-0.4, -0.2) is 34.4 Å². The molecule has 0 aliphatic heterocycles. The lowest BCUT2D eigenvalue weighted by Gasteiger charge is -2.13. The molecule has 0 saturated carbocycles. The highest BCUT2D eigenvalue weighted by Crippen LogP contribution is 2.04. The lowest BCUT2D eigenvalue weighted by Crippen LogP contribution is -2.39. The molecule has 1 unspecified atom stereocenters. The summed E-state index contributed by atoms with van der Waals surface area (Å²) in [5, 5.41) is 28.7. The molecule has 0 aliphatic carbocycles. The van der Waals surface area contributed by atoms with E-state index in [1.165, 1.54) is 25.7 Å². The van der Waals surface area contributed by atoms with Gasteiger partial charge in [-0.2, -0.15) is 0 Å². The average Bonchev–Trinajstić information content (AvgIpc) is 2.16. The highest BCUT2D eigenvalue weighted by molar-refractivity contribution is 4.54. The molecule has 14 heavy (non-hydrogen) atoms. The molecule has 0 fully saturated rings. The third-order valence-electron chi connectivity index (χ3n) is 2.17. The van der Waals surface area contributed by atoms with E-state index >= 15 is 0 Å². The Kier molecular flexibility index (Phi) is 9.29. The SMILES string of the molecule is CCCCCCCCNC(O)C(O)O. The largest absolute Gasteiger partial charge is 0.373 e. The first kappa shape index (κ1) is 13.8. The van der Waals surface area contributed by atoms with Crippen molar-refractivity contribution in [2.75, 3.05) is 6.54 Å². The third-order valence-corrected chi connectivity index (χ3v) is 2.17. The smallest absolute Gasteiger partial charge is 0.192 e. The van der Waals surface area contributed by atoms with Gasteiger partial charge in [-0.1, -0.05) is 39.0 Å². The molecule has 1 atom stereocenters. The van der Waals surface area contributed by atoms with Crippen LogP contribution in [0.25, 0.3) is 0 Å². The third kappa shape index (κ3) is 8.44. The summed E-state index contributed by atoms with van der Waals surface area (Å²) < 4.78 is 0. The number of nitrogens with one attached hydrogen (secondary N) is 1. The predicted octanol–water partition coefficient (Wildman–Crippen LogP) is 0.566. The van der Waals surface area contributed by atoms with Crippen LogP contribution in [0.2, 0.25) is 0 Å². The van der Waals surface area contributed by atoms with Crippen LogP contribution in [0.4, 0.5) is 0 Å². The zero-order valence-corrected chi connectivity index (χ0v) is 8.95. The quantitative estimate of drug-likeness (QED) is 0.328. The number of hydrogen-bond donors (Lipinski definition) is 4. The van der Waals surface area contributed by atoms with Crippen molar-refractivity contribution < 1.29 is 15.3 Å². The molecule has 86 valence electrons. The summed E-state index contributed by atoms with van der Waals surface area (Å²) in [6.07, 6.45) is 4.20. The summed E-state index contributed by atoms with van der Waals surface area (Å²) >= 11 is 0. The van der Waals surface area contributed by atoms with Crippen molar-refractivity contribution in [3.63, 3.8) is 0 Å². The highest BCUT2D eigenvalue weighted by atomic mass is 16.5. The standard InChI is InChI=1S/C10H23NO3/c1-2-3-4-5-6-7-8-11-9(12)10(13)14/h9-14H,2-8H2,1H3. The van der Waals surface area contributed by atoms with E-state index in [9.17, 15) is 0 Å². The van der Waals surface area contributed by atoms with E-state index in [0.717, 1.165) is 12.8 Å². The van der Waals surface area contributed by atoms with E-state index in [2.05, 4.69) is 12.2 Å². The second-order valence-corrected chi connectivity index (χ2v) is 3.58. The van der Waals surface area contributed by atoms with Gasteiger partial charge in [-0.3, -0.25) is 5.32 Å².